The van der Waals surface area contributed by atoms with E-state index in [9.17, 15) is 13.2 Å². The zero-order valence-corrected chi connectivity index (χ0v) is 19.2. The van der Waals surface area contributed by atoms with Crippen LogP contribution in [0.2, 0.25) is 0 Å². The number of carbonyl (C=O) groups excluding carboxylic acids is 1. The van der Waals surface area contributed by atoms with Gasteiger partial charge in [0.2, 0.25) is 15.9 Å². The first-order valence-corrected chi connectivity index (χ1v) is 12.5. The number of ether oxygens (including phenoxy) is 1. The Balaban J connectivity index is 1.65. The van der Waals surface area contributed by atoms with Gasteiger partial charge < -0.3 is 15.0 Å². The largest absolute Gasteiger partial charge is 0.491 e. The first kappa shape index (κ1) is 22.9. The number of piperidine rings is 1. The van der Waals surface area contributed by atoms with Crippen molar-refractivity contribution in [2.45, 2.75) is 39.2 Å². The molecule has 0 aliphatic carbocycles. The van der Waals surface area contributed by atoms with Gasteiger partial charge in [0.05, 0.1) is 18.0 Å². The zero-order valence-electron chi connectivity index (χ0n) is 18.4. The van der Waals surface area contributed by atoms with E-state index in [-0.39, 0.29) is 12.6 Å². The quantitative estimate of drug-likeness (QED) is 0.667. The molecule has 2 aromatic carbocycles. The molecule has 7 nitrogen and oxygen atoms in total. The molecule has 1 aliphatic rings. The average molecular weight is 446 g/mol. The first-order chi connectivity index (χ1) is 14.7. The predicted octanol–water partition coefficient (Wildman–Crippen LogP) is 3.87. The number of nitrogens with zero attached hydrogens (tertiary/aromatic N) is 2. The molecule has 0 spiro atoms. The van der Waals surface area contributed by atoms with Crippen molar-refractivity contribution in [1.82, 2.24) is 0 Å². The number of hydrogen-bond donors (Lipinski definition) is 1. The van der Waals surface area contributed by atoms with E-state index in [1.165, 1.54) is 19.3 Å². The fourth-order valence-corrected chi connectivity index (χ4v) is 4.46. The summed E-state index contributed by atoms with van der Waals surface area (Å²) in [5, 5.41) is 2.79. The van der Waals surface area contributed by atoms with Crippen molar-refractivity contribution in [1.29, 1.82) is 0 Å². The second-order valence-electron chi connectivity index (χ2n) is 8.07. The smallest absolute Gasteiger partial charge is 0.245 e. The molecule has 0 unspecified atom stereocenters. The molecule has 31 heavy (non-hydrogen) atoms. The summed E-state index contributed by atoms with van der Waals surface area (Å²) in [5.74, 6) is 0.240. The minimum absolute atomic E-state index is 0.0175. The Morgan fingerprint density at radius 3 is 2.19 bits per heavy atom. The fourth-order valence-electron chi connectivity index (χ4n) is 3.60. The monoisotopic (exact) mass is 445 g/mol. The van der Waals surface area contributed by atoms with E-state index in [0.717, 1.165) is 29.3 Å². The standard InChI is InChI=1S/C23H31N3O4S/c1-18(2)30-22-13-11-21(12-14-22)26(31(3,28)29)17-23(27)24-19-7-9-20(10-8-19)25-15-5-4-6-16-25/h7-14,18H,4-6,15-17H2,1-3H3,(H,24,27). The molecule has 0 radical (unpaired) electrons. The van der Waals surface area contributed by atoms with Crippen molar-refractivity contribution in [3.05, 3.63) is 48.5 Å². The maximum atomic E-state index is 12.6. The van der Waals surface area contributed by atoms with Crippen LogP contribution in [0.25, 0.3) is 0 Å². The van der Waals surface area contributed by atoms with Crippen molar-refractivity contribution in [3.63, 3.8) is 0 Å². The van der Waals surface area contributed by atoms with Crippen molar-refractivity contribution in [2.24, 2.45) is 0 Å². The lowest BCUT2D eigenvalue weighted by atomic mass is 10.1. The van der Waals surface area contributed by atoms with Gasteiger partial charge in [-0.05, 0) is 81.6 Å². The van der Waals surface area contributed by atoms with Crippen molar-refractivity contribution in [2.75, 3.05) is 40.4 Å². The Morgan fingerprint density at radius 1 is 1.03 bits per heavy atom. The van der Waals surface area contributed by atoms with Gasteiger partial charge in [-0.3, -0.25) is 9.10 Å². The number of carbonyl (C=O) groups is 1. The molecule has 1 heterocycles. The lowest BCUT2D eigenvalue weighted by Crippen LogP contribution is -2.37. The molecule has 3 rings (SSSR count). The number of sulfonamides is 1. The van der Waals surface area contributed by atoms with E-state index in [4.69, 9.17) is 4.74 Å². The number of benzene rings is 2. The summed E-state index contributed by atoms with van der Waals surface area (Å²) >= 11 is 0. The molecule has 0 atom stereocenters. The van der Waals surface area contributed by atoms with Gasteiger partial charge in [0.1, 0.15) is 12.3 Å². The minimum atomic E-state index is -3.64. The summed E-state index contributed by atoms with van der Waals surface area (Å²) in [4.78, 5) is 14.9. The number of nitrogens with one attached hydrogen (secondary N) is 1. The molecule has 1 N–H and O–H groups in total. The van der Waals surface area contributed by atoms with Crippen LogP contribution in [-0.4, -0.2) is 46.3 Å². The molecular formula is C23H31N3O4S. The number of anilines is 3. The molecule has 2 aromatic rings. The van der Waals surface area contributed by atoms with Gasteiger partial charge in [-0.25, -0.2) is 8.42 Å². The number of hydrogen-bond acceptors (Lipinski definition) is 5. The lowest BCUT2D eigenvalue weighted by Gasteiger charge is -2.29. The van der Waals surface area contributed by atoms with Gasteiger partial charge in [0, 0.05) is 24.5 Å². The molecule has 8 heteroatoms. The van der Waals surface area contributed by atoms with Crippen LogP contribution >= 0.6 is 0 Å². The maximum Gasteiger partial charge on any atom is 0.245 e. The summed E-state index contributed by atoms with van der Waals surface area (Å²) in [6.45, 7) is 5.63. The van der Waals surface area contributed by atoms with Crippen molar-refractivity contribution < 1.29 is 17.9 Å². The second kappa shape index (κ2) is 10.0. The molecule has 1 aliphatic heterocycles. The third-order valence-electron chi connectivity index (χ3n) is 5.06. The zero-order chi connectivity index (χ0) is 22.4. The van der Waals surface area contributed by atoms with Crippen LogP contribution in [0.3, 0.4) is 0 Å². The van der Waals surface area contributed by atoms with Crippen LogP contribution < -0.4 is 19.3 Å². The highest BCUT2D eigenvalue weighted by molar-refractivity contribution is 7.92. The summed E-state index contributed by atoms with van der Waals surface area (Å²) < 4.78 is 31.3. The predicted molar refractivity (Wildman–Crippen MR) is 126 cm³/mol. The highest BCUT2D eigenvalue weighted by Crippen LogP contribution is 2.24. The topological polar surface area (TPSA) is 79.0 Å². The average Bonchev–Trinajstić information content (AvgIpc) is 2.73. The molecule has 1 fully saturated rings. The van der Waals surface area contributed by atoms with Gasteiger partial charge in [-0.15, -0.1) is 0 Å². The van der Waals surface area contributed by atoms with E-state index >= 15 is 0 Å². The Morgan fingerprint density at radius 2 is 1.65 bits per heavy atom. The van der Waals surface area contributed by atoms with E-state index in [1.54, 1.807) is 24.3 Å². The summed E-state index contributed by atoms with van der Waals surface area (Å²) in [5.41, 5.74) is 2.19. The fraction of sp³-hybridized carbons (Fsp3) is 0.435. The summed E-state index contributed by atoms with van der Waals surface area (Å²) in [6, 6.07) is 14.4. The van der Waals surface area contributed by atoms with Crippen LogP contribution in [0.5, 0.6) is 5.75 Å². The molecule has 168 valence electrons. The Bertz CT molecular complexity index is 967. The lowest BCUT2D eigenvalue weighted by molar-refractivity contribution is -0.114. The van der Waals surface area contributed by atoms with Gasteiger partial charge in [-0.2, -0.15) is 0 Å². The van der Waals surface area contributed by atoms with Gasteiger partial charge >= 0.3 is 0 Å². The highest BCUT2D eigenvalue weighted by Gasteiger charge is 2.21. The molecular weight excluding hydrogens is 414 g/mol. The third kappa shape index (κ3) is 6.62. The molecule has 0 aromatic heterocycles. The summed E-state index contributed by atoms with van der Waals surface area (Å²) in [6.07, 6.45) is 4.78. The number of rotatable bonds is 8. The molecule has 0 bridgehead atoms. The van der Waals surface area contributed by atoms with Crippen LogP contribution in [-0.2, 0) is 14.8 Å². The van der Waals surface area contributed by atoms with Crippen molar-refractivity contribution in [3.8, 4) is 5.75 Å². The Hall–Kier alpha value is -2.74. The van der Waals surface area contributed by atoms with E-state index in [0.29, 0.717) is 17.1 Å². The Labute approximate surface area is 185 Å². The molecule has 1 amide bonds. The van der Waals surface area contributed by atoms with Crippen molar-refractivity contribution >= 4 is 33.0 Å². The molecule has 1 saturated heterocycles. The summed E-state index contributed by atoms with van der Waals surface area (Å²) in [7, 11) is -3.64. The van der Waals surface area contributed by atoms with Gasteiger partial charge in [-0.1, -0.05) is 0 Å². The van der Waals surface area contributed by atoms with Crippen LogP contribution in [0.15, 0.2) is 48.5 Å². The van der Waals surface area contributed by atoms with E-state index < -0.39 is 15.9 Å². The SMILES string of the molecule is CC(C)Oc1ccc(N(CC(=O)Nc2ccc(N3CCCCC3)cc2)S(C)(=O)=O)cc1. The van der Waals surface area contributed by atoms with E-state index in [1.807, 2.05) is 38.1 Å². The second-order valence-corrected chi connectivity index (χ2v) is 9.98. The highest BCUT2D eigenvalue weighted by atomic mass is 32.2. The third-order valence-corrected chi connectivity index (χ3v) is 6.20. The first-order valence-electron chi connectivity index (χ1n) is 10.6. The van der Waals surface area contributed by atoms with Gasteiger partial charge in [0.15, 0.2) is 0 Å². The Kier molecular flexibility index (Phi) is 7.43. The normalized spacial score (nSPS) is 14.4. The van der Waals surface area contributed by atoms with E-state index in [2.05, 4.69) is 10.2 Å². The maximum absolute atomic E-state index is 12.6. The van der Waals surface area contributed by atoms with Gasteiger partial charge in [0.25, 0.3) is 0 Å². The van der Waals surface area contributed by atoms with Crippen LogP contribution in [0, 0.1) is 0 Å². The minimum Gasteiger partial charge on any atom is -0.491 e. The number of amides is 1. The van der Waals surface area contributed by atoms with Crippen LogP contribution in [0.1, 0.15) is 33.1 Å². The molecule has 0 saturated carbocycles. The van der Waals surface area contributed by atoms with Crippen LogP contribution in [0.4, 0.5) is 17.1 Å².